The molecule has 0 aromatic heterocycles. The zero-order valence-electron chi connectivity index (χ0n) is 10.8. The number of carbonyl (C=O) groups is 1. The molecule has 2 N–H and O–H groups in total. The van der Waals surface area contributed by atoms with Crippen molar-refractivity contribution in [1.82, 2.24) is 0 Å². The molecule has 0 spiro atoms. The monoisotopic (exact) mass is 271 g/mol. The lowest BCUT2D eigenvalue weighted by Crippen LogP contribution is -2.29. The highest BCUT2D eigenvalue weighted by Gasteiger charge is 2.11. The summed E-state index contributed by atoms with van der Waals surface area (Å²) in [6, 6.07) is 3.09. The zero-order chi connectivity index (χ0) is 13.7. The molecule has 0 saturated heterocycles. The van der Waals surface area contributed by atoms with Crippen LogP contribution >= 0.6 is 11.6 Å². The van der Waals surface area contributed by atoms with Gasteiger partial charge < -0.3 is 15.2 Å². The molecule has 0 heterocycles. The maximum Gasteiger partial charge on any atom is 0.322 e. The predicted molar refractivity (Wildman–Crippen MR) is 71.1 cm³/mol. The van der Waals surface area contributed by atoms with E-state index in [0.717, 1.165) is 16.9 Å². The van der Waals surface area contributed by atoms with Gasteiger partial charge in [0.15, 0.2) is 0 Å². The molecule has 0 aliphatic heterocycles. The van der Waals surface area contributed by atoms with Crippen molar-refractivity contribution in [3.05, 3.63) is 28.3 Å². The molecule has 18 heavy (non-hydrogen) atoms. The molecule has 1 rings (SSSR count). The van der Waals surface area contributed by atoms with Gasteiger partial charge in [-0.3, -0.25) is 4.79 Å². The van der Waals surface area contributed by atoms with E-state index in [-0.39, 0.29) is 6.61 Å². The van der Waals surface area contributed by atoms with Gasteiger partial charge in [-0.2, -0.15) is 0 Å². The van der Waals surface area contributed by atoms with Gasteiger partial charge in [0.1, 0.15) is 11.8 Å². The Kier molecular flexibility index (Phi) is 5.44. The van der Waals surface area contributed by atoms with Crippen molar-refractivity contribution in [2.45, 2.75) is 26.3 Å². The highest BCUT2D eigenvalue weighted by atomic mass is 35.5. The topological polar surface area (TPSA) is 61.5 Å². The van der Waals surface area contributed by atoms with Gasteiger partial charge in [-0.05, 0) is 37.1 Å². The second-order valence-electron chi connectivity index (χ2n) is 4.12. The fourth-order valence-electron chi connectivity index (χ4n) is 1.47. The van der Waals surface area contributed by atoms with Crippen LogP contribution in [0, 0.1) is 6.92 Å². The second-order valence-corrected chi connectivity index (χ2v) is 4.53. The highest BCUT2D eigenvalue weighted by molar-refractivity contribution is 6.31. The third kappa shape index (κ3) is 3.89. The Morgan fingerprint density at radius 2 is 2.17 bits per heavy atom. The van der Waals surface area contributed by atoms with Crippen LogP contribution in [0.2, 0.25) is 5.02 Å². The van der Waals surface area contributed by atoms with E-state index in [4.69, 9.17) is 26.8 Å². The predicted octanol–water partition coefficient (Wildman–Crippen LogP) is 2.09. The molecule has 1 atom stereocenters. The van der Waals surface area contributed by atoms with Crippen LogP contribution in [0.3, 0.4) is 0 Å². The van der Waals surface area contributed by atoms with E-state index >= 15 is 0 Å². The van der Waals surface area contributed by atoms with E-state index in [1.807, 2.05) is 19.1 Å². The van der Waals surface area contributed by atoms with Crippen LogP contribution in [-0.2, 0) is 16.0 Å². The average molecular weight is 272 g/mol. The normalized spacial score (nSPS) is 12.1. The minimum atomic E-state index is -0.603. The highest BCUT2D eigenvalue weighted by Crippen LogP contribution is 2.26. The summed E-state index contributed by atoms with van der Waals surface area (Å²) >= 11 is 6.05. The smallest absolute Gasteiger partial charge is 0.322 e. The van der Waals surface area contributed by atoms with Gasteiger partial charge in [-0.25, -0.2) is 0 Å². The van der Waals surface area contributed by atoms with E-state index in [1.165, 1.54) is 0 Å². The lowest BCUT2D eigenvalue weighted by molar-refractivity contribution is -0.144. The summed E-state index contributed by atoms with van der Waals surface area (Å²) in [6.07, 6.45) is 0.543. The molecule has 0 bridgehead atoms. The van der Waals surface area contributed by atoms with Crippen LogP contribution in [0.1, 0.15) is 18.1 Å². The third-order valence-electron chi connectivity index (χ3n) is 2.55. The van der Waals surface area contributed by atoms with Gasteiger partial charge in [0, 0.05) is 11.4 Å². The van der Waals surface area contributed by atoms with Crippen molar-refractivity contribution in [2.24, 2.45) is 5.73 Å². The van der Waals surface area contributed by atoms with Crippen LogP contribution in [0.15, 0.2) is 12.1 Å². The van der Waals surface area contributed by atoms with Gasteiger partial charge in [0.05, 0.1) is 13.7 Å². The lowest BCUT2D eigenvalue weighted by atomic mass is 10.1. The Labute approximate surface area is 112 Å². The van der Waals surface area contributed by atoms with Crippen LogP contribution in [0.5, 0.6) is 5.75 Å². The van der Waals surface area contributed by atoms with E-state index in [0.29, 0.717) is 11.4 Å². The van der Waals surface area contributed by atoms with Crippen molar-refractivity contribution >= 4 is 17.6 Å². The van der Waals surface area contributed by atoms with Crippen molar-refractivity contribution in [2.75, 3.05) is 13.7 Å². The largest absolute Gasteiger partial charge is 0.496 e. The summed E-state index contributed by atoms with van der Waals surface area (Å²) in [4.78, 5) is 11.2. The molecule has 0 fully saturated rings. The first-order chi connectivity index (χ1) is 8.45. The van der Waals surface area contributed by atoms with Crippen molar-refractivity contribution in [3.8, 4) is 5.75 Å². The fraction of sp³-hybridized carbons (Fsp3) is 0.462. The summed E-state index contributed by atoms with van der Waals surface area (Å²) in [5.74, 6) is 0.334. The van der Waals surface area contributed by atoms with E-state index in [2.05, 4.69) is 0 Å². The summed E-state index contributed by atoms with van der Waals surface area (Å²) in [5.41, 5.74) is 7.25. The Morgan fingerprint density at radius 3 is 2.72 bits per heavy atom. The van der Waals surface area contributed by atoms with E-state index < -0.39 is 12.0 Å². The molecule has 5 heteroatoms. The molecular weight excluding hydrogens is 254 g/mol. The quantitative estimate of drug-likeness (QED) is 0.833. The number of ether oxygens (including phenoxy) is 2. The average Bonchev–Trinajstić information content (AvgIpc) is 2.32. The summed E-state index contributed by atoms with van der Waals surface area (Å²) in [5, 5.41) is 0.671. The minimum absolute atomic E-state index is 0.260. The molecule has 0 radical (unpaired) electrons. The maximum atomic E-state index is 11.2. The molecule has 1 unspecified atom stereocenters. The Hall–Kier alpha value is -1.26. The Morgan fingerprint density at radius 1 is 1.50 bits per heavy atom. The Balaban J connectivity index is 2.67. The number of hydrogen-bond acceptors (Lipinski definition) is 4. The number of rotatable bonds is 5. The fourth-order valence-corrected chi connectivity index (χ4v) is 1.66. The van der Waals surface area contributed by atoms with Crippen LogP contribution in [-0.4, -0.2) is 25.7 Å². The maximum absolute atomic E-state index is 11.2. The first kappa shape index (κ1) is 14.8. The van der Waals surface area contributed by atoms with E-state index in [9.17, 15) is 4.79 Å². The molecule has 4 nitrogen and oxygen atoms in total. The van der Waals surface area contributed by atoms with Crippen LogP contribution in [0.4, 0.5) is 0 Å². The molecule has 0 saturated carbocycles. The SMILES string of the molecule is COc1cc(C)c(Cl)cc1CCOC(=O)C(C)N. The molecule has 100 valence electrons. The molecule has 0 amide bonds. The summed E-state index contributed by atoms with van der Waals surface area (Å²) in [6.45, 7) is 3.76. The number of aryl methyl sites for hydroxylation is 1. The minimum Gasteiger partial charge on any atom is -0.496 e. The number of hydrogen-bond donors (Lipinski definition) is 1. The van der Waals surface area contributed by atoms with Crippen molar-refractivity contribution in [1.29, 1.82) is 0 Å². The van der Waals surface area contributed by atoms with Gasteiger partial charge in [-0.1, -0.05) is 11.6 Å². The molecule has 0 aliphatic carbocycles. The number of esters is 1. The number of carbonyl (C=O) groups excluding carboxylic acids is 1. The molecule has 1 aromatic rings. The Bertz CT molecular complexity index is 432. The first-order valence-corrected chi connectivity index (χ1v) is 6.08. The number of nitrogens with two attached hydrogens (primary N) is 1. The van der Waals surface area contributed by atoms with Crippen molar-refractivity contribution in [3.63, 3.8) is 0 Å². The summed E-state index contributed by atoms with van der Waals surface area (Å²) < 4.78 is 10.3. The van der Waals surface area contributed by atoms with Crippen LogP contribution in [0.25, 0.3) is 0 Å². The third-order valence-corrected chi connectivity index (χ3v) is 2.96. The van der Waals surface area contributed by atoms with Gasteiger partial charge >= 0.3 is 5.97 Å². The zero-order valence-corrected chi connectivity index (χ0v) is 11.6. The van der Waals surface area contributed by atoms with Crippen molar-refractivity contribution < 1.29 is 14.3 Å². The standard InChI is InChI=1S/C13H18ClNO3/c1-8-6-12(17-3)10(7-11(8)14)4-5-18-13(16)9(2)15/h6-7,9H,4-5,15H2,1-3H3. The number of halogens is 1. The summed E-state index contributed by atoms with van der Waals surface area (Å²) in [7, 11) is 1.60. The molecular formula is C13H18ClNO3. The lowest BCUT2D eigenvalue weighted by Gasteiger charge is -2.12. The van der Waals surface area contributed by atoms with Crippen LogP contribution < -0.4 is 10.5 Å². The van der Waals surface area contributed by atoms with E-state index in [1.54, 1.807) is 14.0 Å². The molecule has 1 aromatic carbocycles. The van der Waals surface area contributed by atoms with Gasteiger partial charge in [-0.15, -0.1) is 0 Å². The molecule has 0 aliphatic rings. The van der Waals surface area contributed by atoms with Gasteiger partial charge in [0.2, 0.25) is 0 Å². The second kappa shape index (κ2) is 6.61. The number of methoxy groups -OCH3 is 1. The number of benzene rings is 1. The van der Waals surface area contributed by atoms with Gasteiger partial charge in [0.25, 0.3) is 0 Å². The first-order valence-electron chi connectivity index (χ1n) is 5.71.